The van der Waals surface area contributed by atoms with Gasteiger partial charge in [-0.2, -0.15) is 0 Å². The zero-order chi connectivity index (χ0) is 34.6. The highest BCUT2D eigenvalue weighted by atomic mass is 16.6. The first-order valence-electron chi connectivity index (χ1n) is 19.2. The summed E-state index contributed by atoms with van der Waals surface area (Å²) in [5, 5.41) is 0. The number of amides is 1. The molecule has 49 heavy (non-hydrogen) atoms. The van der Waals surface area contributed by atoms with Crippen molar-refractivity contribution in [2.75, 3.05) is 44.2 Å². The first kappa shape index (κ1) is 36.9. The molecule has 268 valence electrons. The third kappa shape index (κ3) is 10.6. The van der Waals surface area contributed by atoms with Crippen LogP contribution in [-0.4, -0.2) is 88.8 Å². The first-order valence-corrected chi connectivity index (χ1v) is 19.2. The van der Waals surface area contributed by atoms with Crippen LogP contribution in [0.5, 0.6) is 0 Å². The second-order valence-electron chi connectivity index (χ2n) is 14.8. The summed E-state index contributed by atoms with van der Waals surface area (Å²) >= 11 is 0. The lowest BCUT2D eigenvalue weighted by molar-refractivity contribution is -0.139. The molecule has 1 amide bonds. The number of carbonyl (C=O) groups excluding carboxylic acids is 3. The number of aromatic nitrogens is 2. The van der Waals surface area contributed by atoms with Gasteiger partial charge in [-0.25, -0.2) is 14.8 Å². The Kier molecular flexibility index (Phi) is 14.0. The van der Waals surface area contributed by atoms with Gasteiger partial charge in [0.2, 0.25) is 11.7 Å². The summed E-state index contributed by atoms with van der Waals surface area (Å²) in [7, 11) is 0. The van der Waals surface area contributed by atoms with Crippen molar-refractivity contribution in [1.29, 1.82) is 0 Å². The Morgan fingerprint density at radius 2 is 1.59 bits per heavy atom. The number of Topliss-reactive ketones (excluding diaryl/α,β-unsaturated/α-hetero) is 2. The molecule has 0 radical (unpaired) electrons. The molecule has 1 saturated carbocycles. The molecule has 2 saturated heterocycles. The zero-order valence-electron chi connectivity index (χ0n) is 30.2. The fraction of sp³-hybridized carbons (Fsp3) is 0.675. The van der Waals surface area contributed by atoms with E-state index in [1.54, 1.807) is 0 Å². The SMILES string of the molecule is C/C(=C\C=C\C(C)c1ccnc(N2CCCC2)n1)[C@H]1C(=O)C(=O)CCCCC[C@@H](OC(=O)N2CCN(C3CCCCCC3)CC2)/C=C/[C@@H]1C. The van der Waals surface area contributed by atoms with Crippen molar-refractivity contribution in [3.05, 3.63) is 53.9 Å². The molecule has 2 aliphatic carbocycles. The maximum Gasteiger partial charge on any atom is 0.410 e. The molecular weight excluding hydrogens is 614 g/mol. The predicted octanol–water partition coefficient (Wildman–Crippen LogP) is 7.44. The summed E-state index contributed by atoms with van der Waals surface area (Å²) in [6, 6.07) is 2.61. The van der Waals surface area contributed by atoms with Gasteiger partial charge in [-0.05, 0) is 69.9 Å². The standard InChI is InChI=1S/C40H59N5O4/c1-30(35-22-23-41-39(42-35)44-24-11-12-25-44)14-13-15-31(2)37-32(3)20-21-34(18-9-6-10-19-36(46)38(37)47)49-40(48)45-28-26-43(27-29-45)33-16-7-4-5-8-17-33/h13-15,20-23,30,32-34,37H,4-12,16-19,24-29H2,1-3H3/b14-13+,21-20+,31-15+/t30?,32-,34+,37+/m0/s1. The minimum atomic E-state index is -0.572. The van der Waals surface area contributed by atoms with Crippen molar-refractivity contribution in [2.24, 2.45) is 11.8 Å². The maximum absolute atomic E-state index is 13.6. The Labute approximate surface area is 294 Å². The summed E-state index contributed by atoms with van der Waals surface area (Å²) in [6.45, 7) is 11.2. The Hall–Kier alpha value is -3.33. The summed E-state index contributed by atoms with van der Waals surface area (Å²) < 4.78 is 6.09. The minimum Gasteiger partial charge on any atom is -0.442 e. The van der Waals surface area contributed by atoms with Crippen molar-refractivity contribution in [3.63, 3.8) is 0 Å². The molecule has 4 atom stereocenters. The highest BCUT2D eigenvalue weighted by molar-refractivity contribution is 6.38. The normalized spacial score (nSPS) is 27.4. The summed E-state index contributed by atoms with van der Waals surface area (Å²) in [5.74, 6) is -0.577. The van der Waals surface area contributed by atoms with Crippen LogP contribution >= 0.6 is 0 Å². The molecule has 1 aromatic heterocycles. The molecule has 9 heteroatoms. The number of nitrogens with zero attached hydrogens (tertiary/aromatic N) is 5. The quantitative estimate of drug-likeness (QED) is 0.128. The van der Waals surface area contributed by atoms with E-state index >= 15 is 0 Å². The topological polar surface area (TPSA) is 95.9 Å². The second kappa shape index (κ2) is 18.6. The molecule has 2 aliphatic heterocycles. The van der Waals surface area contributed by atoms with E-state index in [2.05, 4.69) is 27.8 Å². The lowest BCUT2D eigenvalue weighted by Crippen LogP contribution is -2.52. The molecule has 5 rings (SSSR count). The van der Waals surface area contributed by atoms with E-state index in [1.165, 1.54) is 51.4 Å². The lowest BCUT2D eigenvalue weighted by atomic mass is 9.81. The fourth-order valence-corrected chi connectivity index (χ4v) is 7.93. The van der Waals surface area contributed by atoms with Crippen LogP contribution in [0.25, 0.3) is 0 Å². The summed E-state index contributed by atoms with van der Waals surface area (Å²) in [6.07, 6.45) is 24.7. The molecule has 3 fully saturated rings. The van der Waals surface area contributed by atoms with Crippen LogP contribution in [0.2, 0.25) is 0 Å². The lowest BCUT2D eigenvalue weighted by Gasteiger charge is -2.39. The van der Waals surface area contributed by atoms with Crippen molar-refractivity contribution >= 4 is 23.6 Å². The summed E-state index contributed by atoms with van der Waals surface area (Å²) in [5.41, 5.74) is 1.80. The van der Waals surface area contributed by atoms with Crippen LogP contribution in [0, 0.1) is 11.8 Å². The van der Waals surface area contributed by atoms with E-state index in [-0.39, 0.29) is 42.0 Å². The molecule has 0 bridgehead atoms. The van der Waals surface area contributed by atoms with Crippen LogP contribution in [0.1, 0.15) is 116 Å². The van der Waals surface area contributed by atoms with Gasteiger partial charge in [0, 0.05) is 63.8 Å². The molecule has 9 nitrogen and oxygen atoms in total. The third-order valence-corrected chi connectivity index (χ3v) is 11.0. The minimum absolute atomic E-state index is 0.0644. The second-order valence-corrected chi connectivity index (χ2v) is 14.8. The van der Waals surface area contributed by atoms with Crippen LogP contribution in [0.3, 0.4) is 0 Å². The Balaban J connectivity index is 1.21. The Morgan fingerprint density at radius 3 is 2.33 bits per heavy atom. The fourth-order valence-electron chi connectivity index (χ4n) is 7.93. The highest BCUT2D eigenvalue weighted by Gasteiger charge is 2.31. The highest BCUT2D eigenvalue weighted by Crippen LogP contribution is 2.28. The number of allylic oxidation sites excluding steroid dienone is 5. The van der Waals surface area contributed by atoms with Gasteiger partial charge in [0.05, 0.1) is 11.6 Å². The van der Waals surface area contributed by atoms with E-state index in [0.29, 0.717) is 32.0 Å². The average Bonchev–Trinajstić information content (AvgIpc) is 3.52. The summed E-state index contributed by atoms with van der Waals surface area (Å²) in [4.78, 5) is 55.8. The molecule has 0 aromatic carbocycles. The zero-order valence-corrected chi connectivity index (χ0v) is 30.2. The monoisotopic (exact) mass is 673 g/mol. The van der Waals surface area contributed by atoms with Gasteiger partial charge >= 0.3 is 6.09 Å². The molecular formula is C40H59N5O4. The Bertz CT molecular complexity index is 1340. The maximum atomic E-state index is 13.6. The Morgan fingerprint density at radius 1 is 0.898 bits per heavy atom. The number of hydrogen-bond acceptors (Lipinski definition) is 8. The van der Waals surface area contributed by atoms with Crippen molar-refractivity contribution in [1.82, 2.24) is 19.8 Å². The number of carbonyl (C=O) groups is 3. The largest absolute Gasteiger partial charge is 0.442 e. The van der Waals surface area contributed by atoms with Crippen LogP contribution in [0.15, 0.2) is 48.2 Å². The van der Waals surface area contributed by atoms with Gasteiger partial charge in [0.25, 0.3) is 0 Å². The van der Waals surface area contributed by atoms with E-state index in [9.17, 15) is 14.4 Å². The van der Waals surface area contributed by atoms with E-state index in [0.717, 1.165) is 56.2 Å². The van der Waals surface area contributed by atoms with E-state index in [4.69, 9.17) is 9.72 Å². The first-order chi connectivity index (χ1) is 23.8. The van der Waals surface area contributed by atoms with Crippen molar-refractivity contribution < 1.29 is 19.1 Å². The van der Waals surface area contributed by atoms with Gasteiger partial charge in [-0.15, -0.1) is 0 Å². The predicted molar refractivity (Wildman–Crippen MR) is 195 cm³/mol. The number of ether oxygens (including phenoxy) is 1. The molecule has 0 N–H and O–H groups in total. The number of hydrogen-bond donors (Lipinski definition) is 0. The van der Waals surface area contributed by atoms with Gasteiger partial charge in [-0.1, -0.05) is 75.8 Å². The van der Waals surface area contributed by atoms with Crippen LogP contribution in [0.4, 0.5) is 10.7 Å². The van der Waals surface area contributed by atoms with Crippen LogP contribution in [-0.2, 0) is 14.3 Å². The van der Waals surface area contributed by atoms with Gasteiger partial charge < -0.3 is 14.5 Å². The number of ketones is 2. The van der Waals surface area contributed by atoms with Crippen LogP contribution < -0.4 is 4.90 Å². The van der Waals surface area contributed by atoms with Gasteiger partial charge in [0.15, 0.2) is 5.78 Å². The van der Waals surface area contributed by atoms with Gasteiger partial charge in [-0.3, -0.25) is 14.5 Å². The average molecular weight is 674 g/mol. The third-order valence-electron chi connectivity index (χ3n) is 11.0. The van der Waals surface area contributed by atoms with E-state index in [1.807, 2.05) is 55.3 Å². The number of anilines is 1. The molecule has 4 aliphatic rings. The molecule has 3 heterocycles. The van der Waals surface area contributed by atoms with E-state index < -0.39 is 5.92 Å². The number of piperazine rings is 1. The number of rotatable bonds is 7. The van der Waals surface area contributed by atoms with Gasteiger partial charge in [0.1, 0.15) is 6.10 Å². The molecule has 0 spiro atoms. The van der Waals surface area contributed by atoms with Crippen molar-refractivity contribution in [3.8, 4) is 0 Å². The smallest absolute Gasteiger partial charge is 0.410 e. The van der Waals surface area contributed by atoms with Crippen molar-refractivity contribution in [2.45, 2.75) is 122 Å². The molecule has 1 aromatic rings. The molecule has 1 unspecified atom stereocenters.